The topological polar surface area (TPSA) is 42.2 Å². The van der Waals surface area contributed by atoms with Crippen molar-refractivity contribution >= 4 is 0 Å². The number of aromatic nitrogens is 1. The average molecular weight is 257 g/mol. The molecule has 0 aliphatic carbocycles. The monoisotopic (exact) mass is 257 g/mol. The van der Waals surface area contributed by atoms with Crippen LogP contribution in [0.25, 0.3) is 0 Å². The maximum Gasteiger partial charge on any atom is 0.181 e. The highest BCUT2D eigenvalue weighted by Gasteiger charge is 2.02. The molecule has 0 saturated carbocycles. The molecule has 1 aromatic heterocycles. The van der Waals surface area contributed by atoms with E-state index in [1.165, 1.54) is 24.3 Å². The molecule has 1 heterocycles. The Morgan fingerprint density at radius 3 is 2.63 bits per heavy atom. The van der Waals surface area contributed by atoms with Gasteiger partial charge in [0.2, 0.25) is 0 Å². The molecule has 19 heavy (non-hydrogen) atoms. The number of aliphatic hydroxyl groups excluding tert-OH is 1. The van der Waals surface area contributed by atoms with E-state index in [4.69, 9.17) is 5.11 Å². The predicted octanol–water partition coefficient (Wildman–Crippen LogP) is 1.38. The fourth-order valence-electron chi connectivity index (χ4n) is 1.68. The Morgan fingerprint density at radius 2 is 1.95 bits per heavy atom. The van der Waals surface area contributed by atoms with Gasteiger partial charge in [-0.1, -0.05) is 17.9 Å². The van der Waals surface area contributed by atoms with E-state index in [0.29, 0.717) is 12.1 Å². The SMILES string of the molecule is O=c1ccn(Cc2ccc(F)cc2C#CCO)cc1. The molecule has 1 aromatic carbocycles. The Hall–Kier alpha value is -2.38. The Kier molecular flexibility index (Phi) is 4.11. The van der Waals surface area contributed by atoms with E-state index in [1.807, 2.05) is 0 Å². The molecule has 0 unspecified atom stereocenters. The van der Waals surface area contributed by atoms with Gasteiger partial charge in [0.15, 0.2) is 5.43 Å². The van der Waals surface area contributed by atoms with E-state index >= 15 is 0 Å². The van der Waals surface area contributed by atoms with Gasteiger partial charge in [-0.3, -0.25) is 4.79 Å². The number of hydrogen-bond donors (Lipinski definition) is 1. The first kappa shape index (κ1) is 13.1. The van der Waals surface area contributed by atoms with E-state index < -0.39 is 0 Å². The summed E-state index contributed by atoms with van der Waals surface area (Å²) in [4.78, 5) is 11.0. The molecule has 4 heteroatoms. The van der Waals surface area contributed by atoms with Gasteiger partial charge in [-0.2, -0.15) is 0 Å². The molecule has 3 nitrogen and oxygen atoms in total. The molecule has 2 rings (SSSR count). The summed E-state index contributed by atoms with van der Waals surface area (Å²) in [7, 11) is 0. The summed E-state index contributed by atoms with van der Waals surface area (Å²) in [5.41, 5.74) is 1.30. The lowest BCUT2D eigenvalue weighted by atomic mass is 10.1. The normalized spacial score (nSPS) is 9.79. The van der Waals surface area contributed by atoms with E-state index in [2.05, 4.69) is 11.8 Å². The number of benzene rings is 1. The van der Waals surface area contributed by atoms with Crippen molar-refractivity contribution in [3.63, 3.8) is 0 Å². The molecule has 0 saturated heterocycles. The number of pyridine rings is 1. The number of nitrogens with zero attached hydrogens (tertiary/aromatic N) is 1. The lowest BCUT2D eigenvalue weighted by Gasteiger charge is -2.08. The molecule has 2 aromatic rings. The van der Waals surface area contributed by atoms with Crippen LogP contribution in [0.4, 0.5) is 4.39 Å². The smallest absolute Gasteiger partial charge is 0.181 e. The average Bonchev–Trinajstić information content (AvgIpc) is 2.41. The molecule has 1 N–H and O–H groups in total. The molecule has 0 bridgehead atoms. The molecular weight excluding hydrogens is 245 g/mol. The van der Waals surface area contributed by atoms with Crippen molar-refractivity contribution in [2.75, 3.05) is 6.61 Å². The summed E-state index contributed by atoms with van der Waals surface area (Å²) in [6.45, 7) is 0.212. The van der Waals surface area contributed by atoms with Crippen molar-refractivity contribution in [3.05, 3.63) is 69.9 Å². The zero-order valence-corrected chi connectivity index (χ0v) is 10.1. The van der Waals surface area contributed by atoms with Crippen molar-refractivity contribution in [2.45, 2.75) is 6.54 Å². The van der Waals surface area contributed by atoms with Gasteiger partial charge in [0, 0.05) is 36.6 Å². The minimum Gasteiger partial charge on any atom is -0.384 e. The van der Waals surface area contributed by atoms with Crippen molar-refractivity contribution in [3.8, 4) is 11.8 Å². The van der Waals surface area contributed by atoms with Crippen molar-refractivity contribution in [1.29, 1.82) is 0 Å². The minimum absolute atomic E-state index is 0.0596. The molecule has 0 spiro atoms. The van der Waals surface area contributed by atoms with Crippen LogP contribution in [0.5, 0.6) is 0 Å². The number of aliphatic hydroxyl groups is 1. The Labute approximate surface area is 109 Å². The van der Waals surface area contributed by atoms with E-state index in [0.717, 1.165) is 5.56 Å². The second-order valence-corrected chi connectivity index (χ2v) is 3.97. The zero-order valence-electron chi connectivity index (χ0n) is 10.1. The second kappa shape index (κ2) is 5.98. The van der Waals surface area contributed by atoms with Crippen LogP contribution in [-0.2, 0) is 6.54 Å². The van der Waals surface area contributed by atoms with Gasteiger partial charge in [0.1, 0.15) is 12.4 Å². The third-order valence-corrected chi connectivity index (χ3v) is 2.59. The van der Waals surface area contributed by atoms with Crippen LogP contribution in [0.1, 0.15) is 11.1 Å². The van der Waals surface area contributed by atoms with Crippen molar-refractivity contribution < 1.29 is 9.50 Å². The Balaban J connectivity index is 2.33. The standard InChI is InChI=1S/C15H12FNO2/c16-14-4-3-13(12(10-14)2-1-9-18)11-17-7-5-15(19)6-8-17/h3-8,10,18H,9,11H2. The lowest BCUT2D eigenvalue weighted by Crippen LogP contribution is -2.06. The van der Waals surface area contributed by atoms with E-state index in [9.17, 15) is 9.18 Å². The summed E-state index contributed by atoms with van der Waals surface area (Å²) in [5.74, 6) is 4.86. The van der Waals surface area contributed by atoms with Crippen LogP contribution >= 0.6 is 0 Å². The maximum absolute atomic E-state index is 13.2. The van der Waals surface area contributed by atoms with Crippen LogP contribution in [0.15, 0.2) is 47.5 Å². The molecular formula is C15H12FNO2. The fourth-order valence-corrected chi connectivity index (χ4v) is 1.68. The third kappa shape index (κ3) is 3.54. The third-order valence-electron chi connectivity index (χ3n) is 2.59. The first-order valence-corrected chi connectivity index (χ1v) is 5.73. The molecule has 0 aliphatic rings. The molecule has 0 amide bonds. The lowest BCUT2D eigenvalue weighted by molar-refractivity contribution is 0.350. The molecule has 0 fully saturated rings. The summed E-state index contributed by atoms with van der Waals surface area (Å²) in [6, 6.07) is 7.27. The highest BCUT2D eigenvalue weighted by molar-refractivity contribution is 5.42. The van der Waals surface area contributed by atoms with Crippen molar-refractivity contribution in [1.82, 2.24) is 4.57 Å². The summed E-state index contributed by atoms with van der Waals surface area (Å²) in [5, 5.41) is 8.70. The predicted molar refractivity (Wildman–Crippen MR) is 70.2 cm³/mol. The number of rotatable bonds is 2. The first-order chi connectivity index (χ1) is 9.19. The van der Waals surface area contributed by atoms with Crippen LogP contribution in [0.2, 0.25) is 0 Å². The Morgan fingerprint density at radius 1 is 1.21 bits per heavy atom. The fraction of sp³-hybridized carbons (Fsp3) is 0.133. The first-order valence-electron chi connectivity index (χ1n) is 5.73. The summed E-state index contributed by atoms with van der Waals surface area (Å²) >= 11 is 0. The van der Waals surface area contributed by atoms with Gasteiger partial charge in [-0.05, 0) is 17.7 Å². The largest absolute Gasteiger partial charge is 0.384 e. The highest BCUT2D eigenvalue weighted by atomic mass is 19.1. The van der Waals surface area contributed by atoms with Gasteiger partial charge in [0.05, 0.1) is 0 Å². The van der Waals surface area contributed by atoms with Crippen LogP contribution in [0, 0.1) is 17.7 Å². The van der Waals surface area contributed by atoms with E-state index in [-0.39, 0.29) is 17.9 Å². The molecule has 0 atom stereocenters. The van der Waals surface area contributed by atoms with Gasteiger partial charge < -0.3 is 9.67 Å². The molecule has 96 valence electrons. The quantitative estimate of drug-likeness (QED) is 0.826. The van der Waals surface area contributed by atoms with Gasteiger partial charge >= 0.3 is 0 Å². The van der Waals surface area contributed by atoms with Crippen LogP contribution < -0.4 is 5.43 Å². The van der Waals surface area contributed by atoms with Crippen LogP contribution in [0.3, 0.4) is 0 Å². The van der Waals surface area contributed by atoms with Crippen LogP contribution in [-0.4, -0.2) is 16.3 Å². The Bertz CT molecular complexity index is 675. The second-order valence-electron chi connectivity index (χ2n) is 3.97. The van der Waals surface area contributed by atoms with Gasteiger partial charge in [0.25, 0.3) is 0 Å². The highest BCUT2D eigenvalue weighted by Crippen LogP contribution is 2.11. The van der Waals surface area contributed by atoms with E-state index in [1.54, 1.807) is 23.0 Å². The molecule has 0 radical (unpaired) electrons. The zero-order chi connectivity index (χ0) is 13.7. The molecule has 0 aliphatic heterocycles. The van der Waals surface area contributed by atoms with Gasteiger partial charge in [-0.15, -0.1) is 0 Å². The summed E-state index contributed by atoms with van der Waals surface area (Å²) < 4.78 is 15.0. The number of hydrogen-bond acceptors (Lipinski definition) is 2. The summed E-state index contributed by atoms with van der Waals surface area (Å²) in [6.07, 6.45) is 3.32. The maximum atomic E-state index is 13.2. The minimum atomic E-state index is -0.370. The van der Waals surface area contributed by atoms with Gasteiger partial charge in [-0.25, -0.2) is 4.39 Å². The van der Waals surface area contributed by atoms with Crippen molar-refractivity contribution in [2.24, 2.45) is 0 Å². The number of halogens is 1.